The van der Waals surface area contributed by atoms with Crippen LogP contribution >= 0.6 is 8.03 Å². The van der Waals surface area contributed by atoms with E-state index in [-0.39, 0.29) is 0 Å². The molecule has 0 spiro atoms. The van der Waals surface area contributed by atoms with E-state index in [0.29, 0.717) is 5.56 Å². The largest absolute Gasteiger partial charge is 0.594 e. The summed E-state index contributed by atoms with van der Waals surface area (Å²) >= 11 is 0. The van der Waals surface area contributed by atoms with E-state index in [1.165, 1.54) is 0 Å². The van der Waals surface area contributed by atoms with Crippen LogP contribution in [0.5, 0.6) is 0 Å². The molecule has 1 N–H and O–H groups in total. The van der Waals surface area contributed by atoms with Crippen molar-refractivity contribution in [2.24, 2.45) is 0 Å². The van der Waals surface area contributed by atoms with Gasteiger partial charge in [0.1, 0.15) is 5.60 Å². The smallest absolute Gasteiger partial charge is 0.411 e. The highest BCUT2D eigenvalue weighted by molar-refractivity contribution is 7.36. The van der Waals surface area contributed by atoms with E-state index in [0.717, 1.165) is 0 Å². The Morgan fingerprint density at radius 2 is 1.89 bits per heavy atom. The molecule has 1 rings (SSSR count). The molecule has 0 heterocycles. The zero-order chi connectivity index (χ0) is 13.8. The van der Waals surface area contributed by atoms with Gasteiger partial charge in [0.25, 0.3) is 5.78 Å². The van der Waals surface area contributed by atoms with Crippen LogP contribution in [0.25, 0.3) is 0 Å². The van der Waals surface area contributed by atoms with Crippen molar-refractivity contribution >= 4 is 14.1 Å². The molecule has 1 amide bonds. The van der Waals surface area contributed by atoms with E-state index in [2.05, 4.69) is 5.32 Å². The third-order valence-electron chi connectivity index (χ3n) is 1.98. The van der Waals surface area contributed by atoms with Crippen LogP contribution in [0, 0.1) is 0 Å². The molecule has 6 heteroatoms. The number of alkyl carbamates (subject to hydrolysis) is 1. The predicted octanol–water partition coefficient (Wildman–Crippen LogP) is 2.31. The number of benzene rings is 1. The molecule has 0 fully saturated rings. The highest BCUT2D eigenvalue weighted by atomic mass is 31.1. The first kappa shape index (κ1) is 14.6. The van der Waals surface area contributed by atoms with Crippen LogP contribution in [0.15, 0.2) is 30.3 Å². The lowest BCUT2D eigenvalue weighted by atomic mass is 10.2. The van der Waals surface area contributed by atoms with Crippen LogP contribution in [-0.4, -0.2) is 11.7 Å². The molecule has 0 aromatic heterocycles. The molecule has 98 valence electrons. The van der Waals surface area contributed by atoms with E-state index in [1.54, 1.807) is 51.1 Å². The molecule has 0 saturated carbocycles. The summed E-state index contributed by atoms with van der Waals surface area (Å²) in [6.45, 7) is 5.13. The average molecular weight is 269 g/mol. The zero-order valence-corrected chi connectivity index (χ0v) is 11.4. The Balaban J connectivity index is 2.77. The minimum absolute atomic E-state index is 0.500. The monoisotopic (exact) mass is 269 g/mol. The molecule has 0 aliphatic carbocycles. The van der Waals surface area contributed by atoms with Crippen molar-refractivity contribution in [1.29, 1.82) is 0 Å². The van der Waals surface area contributed by atoms with Gasteiger partial charge in [-0.3, -0.25) is 5.32 Å². The summed E-state index contributed by atoms with van der Waals surface area (Å²) < 4.78 is 16.2. The van der Waals surface area contributed by atoms with Gasteiger partial charge in [-0.15, -0.1) is 0 Å². The number of ether oxygens (including phenoxy) is 1. The molecule has 5 nitrogen and oxygen atoms in total. The number of nitrogens with one attached hydrogen (secondary N) is 1. The highest BCUT2D eigenvalue weighted by Crippen LogP contribution is 2.31. The summed E-state index contributed by atoms with van der Waals surface area (Å²) in [6.07, 6.45) is -0.754. The molecule has 0 aliphatic heterocycles. The topological polar surface area (TPSA) is 78.5 Å². The highest BCUT2D eigenvalue weighted by Gasteiger charge is 2.28. The molecule has 2 atom stereocenters. The second-order valence-electron chi connectivity index (χ2n) is 4.74. The first-order valence-electron chi connectivity index (χ1n) is 5.47. The van der Waals surface area contributed by atoms with E-state index in [4.69, 9.17) is 4.74 Å². The summed E-state index contributed by atoms with van der Waals surface area (Å²) in [5.41, 5.74) is -0.167. The summed E-state index contributed by atoms with van der Waals surface area (Å²) in [5.74, 6) is -1.07. The fraction of sp³-hybridized carbons (Fsp3) is 0.417. The normalized spacial score (nSPS) is 13.7. The van der Waals surface area contributed by atoms with Crippen molar-refractivity contribution in [3.05, 3.63) is 35.9 Å². The molecule has 2 unspecified atom stereocenters. The Kier molecular flexibility index (Phi) is 4.82. The Morgan fingerprint density at radius 1 is 1.33 bits per heavy atom. The van der Waals surface area contributed by atoms with Gasteiger partial charge in [-0.05, 0) is 20.8 Å². The van der Waals surface area contributed by atoms with Gasteiger partial charge in [0, 0.05) is 5.56 Å². The number of hydrogen-bond acceptors (Lipinski definition) is 4. The first-order chi connectivity index (χ1) is 8.29. The second kappa shape index (κ2) is 5.94. The summed E-state index contributed by atoms with van der Waals surface area (Å²) in [7, 11) is -2.83. The van der Waals surface area contributed by atoms with Crippen LogP contribution < -0.4 is 10.2 Å². The van der Waals surface area contributed by atoms with Crippen LogP contribution in [0.3, 0.4) is 0 Å². The average Bonchev–Trinajstić information content (AvgIpc) is 2.24. The quantitative estimate of drug-likeness (QED) is 0.854. The van der Waals surface area contributed by atoms with Crippen molar-refractivity contribution in [2.45, 2.75) is 32.2 Å². The van der Waals surface area contributed by atoms with Crippen molar-refractivity contribution in [3.8, 4) is 0 Å². The Hall–Kier alpha value is -1.45. The van der Waals surface area contributed by atoms with Crippen LogP contribution in [0.1, 0.15) is 32.1 Å². The molecule has 1 aromatic rings. The van der Waals surface area contributed by atoms with E-state index < -0.39 is 25.5 Å². The third-order valence-corrected chi connectivity index (χ3v) is 2.83. The maximum Gasteiger partial charge on any atom is 0.411 e. The fourth-order valence-electron chi connectivity index (χ4n) is 1.31. The number of carbonyl (C=O) groups excluding carboxylic acids is 1. The van der Waals surface area contributed by atoms with Gasteiger partial charge in [-0.1, -0.05) is 34.9 Å². The molecule has 0 radical (unpaired) electrons. The van der Waals surface area contributed by atoms with Crippen LogP contribution in [0.4, 0.5) is 4.79 Å². The van der Waals surface area contributed by atoms with Gasteiger partial charge in [0.2, 0.25) is 0 Å². The Morgan fingerprint density at radius 3 is 2.33 bits per heavy atom. The van der Waals surface area contributed by atoms with Gasteiger partial charge in [0.15, 0.2) is 0 Å². The van der Waals surface area contributed by atoms with Gasteiger partial charge in [0.05, 0.1) is 0 Å². The molecular formula is C12H16NO4P. The van der Waals surface area contributed by atoms with Gasteiger partial charge in [-0.25, -0.2) is 4.79 Å². The molecule has 1 aromatic carbocycles. The van der Waals surface area contributed by atoms with Gasteiger partial charge >= 0.3 is 14.1 Å². The Bertz CT molecular complexity index is 427. The molecule has 0 bridgehead atoms. The number of hydrogen-bond donors (Lipinski definition) is 1. The zero-order valence-electron chi connectivity index (χ0n) is 10.5. The molecule has 18 heavy (non-hydrogen) atoms. The van der Waals surface area contributed by atoms with Crippen molar-refractivity contribution < 1.29 is 19.0 Å². The lowest BCUT2D eigenvalue weighted by Crippen LogP contribution is -2.34. The van der Waals surface area contributed by atoms with Crippen LogP contribution in [0.2, 0.25) is 0 Å². The molecular weight excluding hydrogens is 253 g/mol. The lowest BCUT2D eigenvalue weighted by Gasteiger charge is -2.20. The number of amides is 1. The third kappa shape index (κ3) is 4.82. The second-order valence-corrected chi connectivity index (χ2v) is 5.83. The van der Waals surface area contributed by atoms with E-state index in [1.807, 2.05) is 0 Å². The standard InChI is InChI=1S/C12H16NO4P/c1-12(2,3)17-11(14)13-10(18(15)16)9-7-5-4-6-8-9/h4-8,10H,1-3H3,(H,13,14). The van der Waals surface area contributed by atoms with Gasteiger partial charge < -0.3 is 9.63 Å². The van der Waals surface area contributed by atoms with E-state index in [9.17, 15) is 14.3 Å². The predicted molar refractivity (Wildman–Crippen MR) is 66.2 cm³/mol. The summed E-state index contributed by atoms with van der Waals surface area (Å²) in [5, 5.41) is 2.33. The summed E-state index contributed by atoms with van der Waals surface area (Å²) in [6, 6.07) is 8.45. The number of rotatable bonds is 3. The molecule has 0 aliphatic rings. The van der Waals surface area contributed by atoms with Gasteiger partial charge in [-0.2, -0.15) is 0 Å². The van der Waals surface area contributed by atoms with Crippen molar-refractivity contribution in [3.63, 3.8) is 0 Å². The maximum atomic E-state index is 11.5. The van der Waals surface area contributed by atoms with E-state index >= 15 is 0 Å². The molecule has 0 saturated heterocycles. The van der Waals surface area contributed by atoms with Crippen molar-refractivity contribution in [1.82, 2.24) is 5.32 Å². The maximum absolute atomic E-state index is 11.5. The first-order valence-corrected chi connectivity index (χ1v) is 6.72. The SMILES string of the molecule is CC(C)(C)OC(=O)NC(c1ccccc1)[P+](=O)[O-]. The van der Waals surface area contributed by atoms with Crippen molar-refractivity contribution in [2.75, 3.05) is 0 Å². The minimum atomic E-state index is -2.83. The fourth-order valence-corrected chi connectivity index (χ4v) is 1.94. The van der Waals surface area contributed by atoms with Crippen LogP contribution in [-0.2, 0) is 9.30 Å². The Labute approximate surface area is 107 Å². The lowest BCUT2D eigenvalue weighted by molar-refractivity contribution is -0.167. The minimum Gasteiger partial charge on any atom is -0.594 e. The number of carbonyl (C=O) groups is 1. The summed E-state index contributed by atoms with van der Waals surface area (Å²) in [4.78, 5) is 22.7.